The van der Waals surface area contributed by atoms with Gasteiger partial charge in [0.25, 0.3) is 12.2 Å². The molecule has 2 aromatic rings. The lowest BCUT2D eigenvalue weighted by atomic mass is 9.99. The minimum absolute atomic E-state index is 0.0691. The number of nitrogens with zero attached hydrogens (tertiary/aromatic N) is 2. The number of rotatable bonds is 2. The number of benzodiazepines with no additional fused rings is 1. The van der Waals surface area contributed by atoms with Gasteiger partial charge in [0.15, 0.2) is 0 Å². The highest BCUT2D eigenvalue weighted by Gasteiger charge is 2.39. The number of alkyl halides is 4. The Balaban J connectivity index is 2.25. The van der Waals surface area contributed by atoms with Gasteiger partial charge in [-0.1, -0.05) is 23.7 Å². The van der Waals surface area contributed by atoms with Crippen molar-refractivity contribution in [2.24, 2.45) is 4.99 Å². The highest BCUT2D eigenvalue weighted by Crippen LogP contribution is 2.33. The van der Waals surface area contributed by atoms with Gasteiger partial charge in [0.05, 0.1) is 11.4 Å². The Hall–Kier alpha value is -2.48. The molecule has 0 aromatic heterocycles. The van der Waals surface area contributed by atoms with Gasteiger partial charge in [-0.3, -0.25) is 9.69 Å². The molecular formula is C17H10ClF5N2O. The predicted octanol–water partition coefficient (Wildman–Crippen LogP) is 4.52. The molecule has 9 heteroatoms. The fourth-order valence-electron chi connectivity index (χ4n) is 2.63. The van der Waals surface area contributed by atoms with Gasteiger partial charge in [0.1, 0.15) is 12.4 Å². The van der Waals surface area contributed by atoms with Gasteiger partial charge in [-0.05, 0) is 30.3 Å². The van der Waals surface area contributed by atoms with Crippen LogP contribution in [0.4, 0.5) is 27.6 Å². The van der Waals surface area contributed by atoms with Crippen LogP contribution in [0.25, 0.3) is 0 Å². The third kappa shape index (κ3) is 3.55. The van der Waals surface area contributed by atoms with E-state index in [9.17, 15) is 26.7 Å². The molecule has 1 amide bonds. The highest BCUT2D eigenvalue weighted by atomic mass is 35.5. The summed E-state index contributed by atoms with van der Waals surface area (Å²) in [6.07, 6.45) is -7.38. The minimum Gasteiger partial charge on any atom is -0.298 e. The Morgan fingerprint density at radius 1 is 1.12 bits per heavy atom. The van der Waals surface area contributed by atoms with Crippen LogP contribution < -0.4 is 4.90 Å². The van der Waals surface area contributed by atoms with E-state index in [1.807, 2.05) is 0 Å². The smallest absolute Gasteiger partial charge is 0.298 e. The van der Waals surface area contributed by atoms with Crippen LogP contribution in [0.1, 0.15) is 11.1 Å². The number of halogens is 6. The number of carbonyl (C=O) groups is 1. The number of amides is 1. The molecule has 1 heterocycles. The van der Waals surface area contributed by atoms with Crippen molar-refractivity contribution in [1.29, 1.82) is 0 Å². The fourth-order valence-corrected chi connectivity index (χ4v) is 2.80. The van der Waals surface area contributed by atoms with Crippen molar-refractivity contribution < 1.29 is 26.7 Å². The summed E-state index contributed by atoms with van der Waals surface area (Å²) in [5.74, 6) is -2.25. The maximum Gasteiger partial charge on any atom is 0.406 e. The van der Waals surface area contributed by atoms with Crippen LogP contribution in [0.3, 0.4) is 0 Å². The van der Waals surface area contributed by atoms with E-state index in [1.165, 1.54) is 30.3 Å². The van der Waals surface area contributed by atoms with E-state index in [-0.39, 0.29) is 32.4 Å². The Morgan fingerprint density at radius 2 is 1.81 bits per heavy atom. The summed E-state index contributed by atoms with van der Waals surface area (Å²) in [6, 6.07) is 8.85. The molecule has 1 unspecified atom stereocenters. The molecule has 0 saturated carbocycles. The van der Waals surface area contributed by atoms with E-state index in [1.54, 1.807) is 0 Å². The van der Waals surface area contributed by atoms with Crippen LogP contribution in [-0.4, -0.2) is 30.6 Å². The summed E-state index contributed by atoms with van der Waals surface area (Å²) in [6.45, 7) is -1.71. The van der Waals surface area contributed by atoms with Gasteiger partial charge < -0.3 is 0 Å². The van der Waals surface area contributed by atoms with Crippen LogP contribution in [-0.2, 0) is 4.79 Å². The quantitative estimate of drug-likeness (QED) is 0.550. The van der Waals surface area contributed by atoms with Gasteiger partial charge in [-0.15, -0.1) is 0 Å². The lowest BCUT2D eigenvalue weighted by Crippen LogP contribution is -2.42. The molecule has 2 aromatic carbocycles. The average molecular weight is 389 g/mol. The molecular weight excluding hydrogens is 379 g/mol. The van der Waals surface area contributed by atoms with Crippen LogP contribution in [0, 0.1) is 5.82 Å². The fraction of sp³-hybridized carbons (Fsp3) is 0.176. The van der Waals surface area contributed by atoms with Crippen LogP contribution >= 0.6 is 11.6 Å². The van der Waals surface area contributed by atoms with E-state index < -0.39 is 30.7 Å². The zero-order chi connectivity index (χ0) is 19.1. The maximum atomic E-state index is 14.3. The first-order valence-corrected chi connectivity index (χ1v) is 7.70. The Kier molecular flexibility index (Phi) is 4.70. The average Bonchev–Trinajstić information content (AvgIpc) is 2.65. The molecule has 0 radical (unpaired) electrons. The minimum atomic E-state index is -4.77. The number of anilines is 1. The largest absolute Gasteiger partial charge is 0.406 e. The van der Waals surface area contributed by atoms with Gasteiger partial charge in [0.2, 0.25) is 0 Å². The van der Waals surface area contributed by atoms with E-state index >= 15 is 0 Å². The third-order valence-corrected chi connectivity index (χ3v) is 3.92. The summed E-state index contributed by atoms with van der Waals surface area (Å²) in [7, 11) is 0. The number of hydrogen-bond acceptors (Lipinski definition) is 2. The van der Waals surface area contributed by atoms with Gasteiger partial charge in [-0.2, -0.15) is 13.2 Å². The second-order valence-electron chi connectivity index (χ2n) is 5.49. The normalized spacial score (nSPS) is 17.6. The van der Waals surface area contributed by atoms with Crippen molar-refractivity contribution in [1.82, 2.24) is 0 Å². The standard InChI is InChI=1S/C17H10ClF5N2O/c18-9-5-6-13-11(7-9)14(10-3-1-2-4-12(10)19)24-15(20)16(26)25(13)8-17(21,22)23/h1-7,15H,8H2. The van der Waals surface area contributed by atoms with Crippen LogP contribution in [0.5, 0.6) is 0 Å². The predicted molar refractivity (Wildman–Crippen MR) is 86.8 cm³/mol. The molecule has 3 rings (SSSR count). The summed E-state index contributed by atoms with van der Waals surface area (Å²) in [4.78, 5) is 15.9. The molecule has 0 saturated heterocycles. The molecule has 0 bridgehead atoms. The Labute approximate surface area is 149 Å². The van der Waals surface area contributed by atoms with Crippen molar-refractivity contribution in [3.63, 3.8) is 0 Å². The lowest BCUT2D eigenvalue weighted by molar-refractivity contribution is -0.135. The summed E-state index contributed by atoms with van der Waals surface area (Å²) < 4.78 is 67.1. The zero-order valence-corrected chi connectivity index (χ0v) is 13.7. The lowest BCUT2D eigenvalue weighted by Gasteiger charge is -2.24. The molecule has 1 aliphatic rings. The number of benzene rings is 2. The SMILES string of the molecule is O=C1C(F)N=C(c2ccccc2F)c2cc(Cl)ccc2N1CC(F)(F)F. The summed E-state index contributed by atoms with van der Waals surface area (Å²) in [5, 5.41) is 0.115. The zero-order valence-electron chi connectivity index (χ0n) is 12.9. The van der Waals surface area contributed by atoms with Crippen molar-refractivity contribution in [3.8, 4) is 0 Å². The molecule has 136 valence electrons. The number of aliphatic imine (C=N–C) groups is 1. The summed E-state index contributed by atoms with van der Waals surface area (Å²) >= 11 is 5.91. The molecule has 0 N–H and O–H groups in total. The first kappa shape index (κ1) is 18.3. The molecule has 3 nitrogen and oxygen atoms in total. The van der Waals surface area contributed by atoms with Crippen molar-refractivity contribution in [3.05, 3.63) is 64.4 Å². The van der Waals surface area contributed by atoms with Crippen molar-refractivity contribution >= 4 is 28.9 Å². The van der Waals surface area contributed by atoms with Crippen molar-refractivity contribution in [2.45, 2.75) is 12.5 Å². The Morgan fingerprint density at radius 3 is 2.46 bits per heavy atom. The number of carbonyl (C=O) groups excluding carboxylic acids is 1. The van der Waals surface area contributed by atoms with E-state index in [4.69, 9.17) is 11.6 Å². The monoisotopic (exact) mass is 388 g/mol. The first-order chi connectivity index (χ1) is 12.2. The second-order valence-corrected chi connectivity index (χ2v) is 5.93. The Bertz CT molecular complexity index is 897. The molecule has 1 atom stereocenters. The van der Waals surface area contributed by atoms with E-state index in [0.717, 1.165) is 12.1 Å². The second kappa shape index (κ2) is 6.68. The van der Waals surface area contributed by atoms with Gasteiger partial charge in [0, 0.05) is 16.1 Å². The number of hydrogen-bond donors (Lipinski definition) is 0. The molecule has 26 heavy (non-hydrogen) atoms. The first-order valence-electron chi connectivity index (χ1n) is 7.32. The van der Waals surface area contributed by atoms with Crippen LogP contribution in [0.2, 0.25) is 5.02 Å². The number of fused-ring (bicyclic) bond motifs is 1. The van der Waals surface area contributed by atoms with Crippen LogP contribution in [0.15, 0.2) is 47.5 Å². The van der Waals surface area contributed by atoms with Gasteiger partial charge >= 0.3 is 6.18 Å². The molecule has 0 spiro atoms. The van der Waals surface area contributed by atoms with E-state index in [0.29, 0.717) is 0 Å². The maximum absolute atomic E-state index is 14.3. The van der Waals surface area contributed by atoms with E-state index in [2.05, 4.69) is 4.99 Å². The molecule has 1 aliphatic heterocycles. The molecule has 0 aliphatic carbocycles. The third-order valence-electron chi connectivity index (χ3n) is 3.68. The summed E-state index contributed by atoms with van der Waals surface area (Å²) in [5.41, 5.74) is -0.759. The topological polar surface area (TPSA) is 32.7 Å². The molecule has 0 fully saturated rings. The van der Waals surface area contributed by atoms with Gasteiger partial charge in [-0.25, -0.2) is 13.8 Å². The van der Waals surface area contributed by atoms with Crippen molar-refractivity contribution in [2.75, 3.05) is 11.4 Å². The highest BCUT2D eigenvalue weighted by molar-refractivity contribution is 6.32.